The van der Waals surface area contributed by atoms with Crippen LogP contribution >= 0.6 is 11.3 Å². The molecule has 0 radical (unpaired) electrons. The molecule has 8 heteroatoms. The number of carbonyl (C=O) groups excluding carboxylic acids is 1. The predicted octanol–water partition coefficient (Wildman–Crippen LogP) is 5.22. The first-order valence-electron chi connectivity index (χ1n) is 8.94. The summed E-state index contributed by atoms with van der Waals surface area (Å²) in [6.07, 6.45) is 2.73. The van der Waals surface area contributed by atoms with Crippen LogP contribution in [-0.2, 0) is 17.6 Å². The second kappa shape index (κ2) is 7.71. The van der Waals surface area contributed by atoms with Gasteiger partial charge < -0.3 is 5.32 Å². The van der Waals surface area contributed by atoms with Crippen LogP contribution in [0.2, 0.25) is 0 Å². The summed E-state index contributed by atoms with van der Waals surface area (Å²) < 4.78 is 41.9. The molecule has 29 heavy (non-hydrogen) atoms. The minimum absolute atomic E-state index is 0.0665. The molecular weight excluding hydrogens is 399 g/mol. The van der Waals surface area contributed by atoms with Gasteiger partial charge in [0.2, 0.25) is 5.91 Å². The fraction of sp³-hybridized carbons (Fsp3) is 0.143. The van der Waals surface area contributed by atoms with Crippen molar-refractivity contribution in [1.29, 1.82) is 0 Å². The standard InChI is InChI=1S/C21H16F3N3OS/c1-2-12-3-5-13(6-4-12)17-10-27-14(11-29-21(27)26-17)9-18(28)25-16-8-7-15(22)19(23)20(16)24/h3-8,10-11H,2,9H2,1H3,(H,25,28). The van der Waals surface area contributed by atoms with E-state index in [1.807, 2.05) is 30.5 Å². The van der Waals surface area contributed by atoms with Crippen LogP contribution in [0.5, 0.6) is 0 Å². The van der Waals surface area contributed by atoms with Gasteiger partial charge in [0.1, 0.15) is 0 Å². The first-order valence-corrected chi connectivity index (χ1v) is 9.82. The number of thiazole rings is 1. The smallest absolute Gasteiger partial charge is 0.230 e. The number of hydrogen-bond acceptors (Lipinski definition) is 3. The molecule has 4 aromatic rings. The van der Waals surface area contributed by atoms with Crippen LogP contribution in [0.25, 0.3) is 16.2 Å². The molecule has 0 spiro atoms. The lowest BCUT2D eigenvalue weighted by Crippen LogP contribution is -2.16. The van der Waals surface area contributed by atoms with Crippen LogP contribution in [0.3, 0.4) is 0 Å². The van der Waals surface area contributed by atoms with Gasteiger partial charge >= 0.3 is 0 Å². The van der Waals surface area contributed by atoms with E-state index in [0.29, 0.717) is 5.69 Å². The molecule has 4 rings (SSSR count). The Morgan fingerprint density at radius 1 is 1.10 bits per heavy atom. The fourth-order valence-corrected chi connectivity index (χ4v) is 3.86. The Morgan fingerprint density at radius 2 is 1.86 bits per heavy atom. The quantitative estimate of drug-likeness (QED) is 0.454. The summed E-state index contributed by atoms with van der Waals surface area (Å²) in [4.78, 5) is 17.6. The topological polar surface area (TPSA) is 46.4 Å². The fourth-order valence-electron chi connectivity index (χ4n) is 2.99. The number of aryl methyl sites for hydroxylation is 1. The lowest BCUT2D eigenvalue weighted by Gasteiger charge is -2.07. The molecule has 2 heterocycles. The van der Waals surface area contributed by atoms with E-state index in [0.717, 1.165) is 34.8 Å². The number of rotatable bonds is 5. The largest absolute Gasteiger partial charge is 0.323 e. The summed E-state index contributed by atoms with van der Waals surface area (Å²) in [7, 11) is 0. The van der Waals surface area contributed by atoms with E-state index >= 15 is 0 Å². The Kier molecular flexibility index (Phi) is 5.10. The minimum Gasteiger partial charge on any atom is -0.323 e. The summed E-state index contributed by atoms with van der Waals surface area (Å²) in [6, 6.07) is 9.86. The first kappa shape index (κ1) is 19.2. The van der Waals surface area contributed by atoms with Gasteiger partial charge in [0.15, 0.2) is 22.4 Å². The van der Waals surface area contributed by atoms with E-state index in [9.17, 15) is 18.0 Å². The van der Waals surface area contributed by atoms with E-state index in [2.05, 4.69) is 17.2 Å². The van der Waals surface area contributed by atoms with Crippen molar-refractivity contribution in [3.63, 3.8) is 0 Å². The highest BCUT2D eigenvalue weighted by Crippen LogP contribution is 2.25. The summed E-state index contributed by atoms with van der Waals surface area (Å²) in [5.41, 5.74) is 3.25. The third kappa shape index (κ3) is 3.75. The number of carbonyl (C=O) groups is 1. The van der Waals surface area contributed by atoms with Gasteiger partial charge in [0.05, 0.1) is 17.8 Å². The van der Waals surface area contributed by atoms with Crippen LogP contribution in [0.15, 0.2) is 48.0 Å². The van der Waals surface area contributed by atoms with E-state index in [1.165, 1.54) is 16.9 Å². The number of nitrogens with one attached hydrogen (secondary N) is 1. The van der Waals surface area contributed by atoms with Crippen LogP contribution in [0.4, 0.5) is 18.9 Å². The molecule has 2 aromatic carbocycles. The molecule has 2 aromatic heterocycles. The van der Waals surface area contributed by atoms with Gasteiger partial charge in [-0.3, -0.25) is 9.20 Å². The lowest BCUT2D eigenvalue weighted by molar-refractivity contribution is -0.115. The van der Waals surface area contributed by atoms with Gasteiger partial charge in [-0.25, -0.2) is 18.2 Å². The van der Waals surface area contributed by atoms with E-state index in [-0.39, 0.29) is 6.42 Å². The molecule has 1 amide bonds. The van der Waals surface area contributed by atoms with Crippen LogP contribution in [-0.4, -0.2) is 15.3 Å². The maximum atomic E-state index is 13.8. The maximum absolute atomic E-state index is 13.8. The molecular formula is C21H16F3N3OS. The molecule has 1 N–H and O–H groups in total. The Bertz CT molecular complexity index is 1200. The SMILES string of the molecule is CCc1ccc(-c2cn3c(CC(=O)Nc4ccc(F)c(F)c4F)csc3n2)cc1. The third-order valence-corrected chi connectivity index (χ3v) is 5.48. The van der Waals surface area contributed by atoms with Gasteiger partial charge in [-0.2, -0.15) is 0 Å². The molecule has 0 bridgehead atoms. The molecule has 0 aliphatic heterocycles. The number of fused-ring (bicyclic) bond motifs is 1. The zero-order valence-corrected chi connectivity index (χ0v) is 16.2. The predicted molar refractivity (Wildman–Crippen MR) is 107 cm³/mol. The third-order valence-electron chi connectivity index (χ3n) is 4.59. The van der Waals surface area contributed by atoms with E-state index in [4.69, 9.17) is 0 Å². The van der Waals surface area contributed by atoms with Crippen molar-refractivity contribution < 1.29 is 18.0 Å². The number of benzene rings is 2. The molecule has 0 aliphatic carbocycles. The van der Waals surface area contributed by atoms with Gasteiger partial charge in [0.25, 0.3) is 0 Å². The monoisotopic (exact) mass is 415 g/mol. The Labute approximate surface area is 168 Å². The molecule has 0 unspecified atom stereocenters. The van der Waals surface area contributed by atoms with Crippen molar-refractivity contribution in [3.05, 3.63) is 76.7 Å². The average Bonchev–Trinajstić information content (AvgIpc) is 3.30. The van der Waals surface area contributed by atoms with Crippen molar-refractivity contribution in [2.24, 2.45) is 0 Å². The Morgan fingerprint density at radius 3 is 2.59 bits per heavy atom. The van der Waals surface area contributed by atoms with Gasteiger partial charge in [-0.15, -0.1) is 11.3 Å². The van der Waals surface area contributed by atoms with Gasteiger partial charge in [-0.1, -0.05) is 31.2 Å². The number of anilines is 1. The summed E-state index contributed by atoms with van der Waals surface area (Å²) >= 11 is 1.38. The molecule has 0 saturated carbocycles. The average molecular weight is 415 g/mol. The van der Waals surface area contributed by atoms with Crippen LogP contribution in [0, 0.1) is 17.5 Å². The van der Waals surface area contributed by atoms with Crippen molar-refractivity contribution >= 4 is 27.9 Å². The zero-order valence-electron chi connectivity index (χ0n) is 15.4. The van der Waals surface area contributed by atoms with Gasteiger partial charge in [0, 0.05) is 22.8 Å². The maximum Gasteiger partial charge on any atom is 0.230 e. The molecule has 0 atom stereocenters. The molecule has 0 fully saturated rings. The molecule has 148 valence electrons. The normalized spacial score (nSPS) is 11.2. The number of halogens is 3. The van der Waals surface area contributed by atoms with E-state index < -0.39 is 29.0 Å². The van der Waals surface area contributed by atoms with Crippen molar-refractivity contribution in [2.75, 3.05) is 5.32 Å². The number of hydrogen-bond donors (Lipinski definition) is 1. The summed E-state index contributed by atoms with van der Waals surface area (Å²) in [5.74, 6) is -4.89. The summed E-state index contributed by atoms with van der Waals surface area (Å²) in [6.45, 7) is 2.09. The van der Waals surface area contributed by atoms with E-state index in [1.54, 1.807) is 9.78 Å². The molecule has 0 saturated heterocycles. The van der Waals surface area contributed by atoms with Gasteiger partial charge in [-0.05, 0) is 24.1 Å². The highest BCUT2D eigenvalue weighted by atomic mass is 32.1. The van der Waals surface area contributed by atoms with Crippen molar-refractivity contribution in [1.82, 2.24) is 9.38 Å². The number of imidazole rings is 1. The zero-order chi connectivity index (χ0) is 20.5. The highest BCUT2D eigenvalue weighted by molar-refractivity contribution is 7.15. The minimum atomic E-state index is -1.62. The highest BCUT2D eigenvalue weighted by Gasteiger charge is 2.17. The van der Waals surface area contributed by atoms with Crippen LogP contribution in [0.1, 0.15) is 18.2 Å². The van der Waals surface area contributed by atoms with Crippen LogP contribution < -0.4 is 5.32 Å². The van der Waals surface area contributed by atoms with Crippen molar-refractivity contribution in [2.45, 2.75) is 19.8 Å². The summed E-state index contributed by atoms with van der Waals surface area (Å²) in [5, 5.41) is 4.07. The Hall–Kier alpha value is -3.13. The Balaban J connectivity index is 1.54. The number of aromatic nitrogens is 2. The second-order valence-corrected chi connectivity index (χ2v) is 7.34. The molecule has 0 aliphatic rings. The van der Waals surface area contributed by atoms with Crippen molar-refractivity contribution in [3.8, 4) is 11.3 Å². The number of nitrogens with zero attached hydrogens (tertiary/aromatic N) is 2. The first-order chi connectivity index (χ1) is 14.0. The number of amides is 1. The second-order valence-electron chi connectivity index (χ2n) is 6.50. The molecule has 4 nitrogen and oxygen atoms in total. The lowest BCUT2D eigenvalue weighted by atomic mass is 10.1.